The second-order valence-electron chi connectivity index (χ2n) is 6.92. The van der Waals surface area contributed by atoms with Gasteiger partial charge in [0, 0.05) is 20.2 Å². The lowest BCUT2D eigenvalue weighted by Crippen LogP contribution is -2.46. The Morgan fingerprint density at radius 1 is 1.43 bits per heavy atom. The molecule has 0 saturated carbocycles. The number of nitrogens with one attached hydrogen (secondary N) is 1. The van der Waals surface area contributed by atoms with Gasteiger partial charge < -0.3 is 19.3 Å². The van der Waals surface area contributed by atoms with E-state index in [1.54, 1.807) is 11.7 Å². The first-order chi connectivity index (χ1) is 14.4. The SMILES string of the molecule is CCc1c(Cl)nc(C(=O)O)n1[C@@H]1CCN(c2nc(C)c(-c3nn[nH]n3)s2)C[C@@H]1OC. The minimum atomic E-state index is -1.10. The monoisotopic (exact) mass is 452 g/mol. The van der Waals surface area contributed by atoms with Crippen LogP contribution in [-0.2, 0) is 11.2 Å². The number of methoxy groups -OCH3 is 1. The van der Waals surface area contributed by atoms with Crippen molar-refractivity contribution in [3.63, 3.8) is 0 Å². The summed E-state index contributed by atoms with van der Waals surface area (Å²) in [6, 6.07) is -0.190. The summed E-state index contributed by atoms with van der Waals surface area (Å²) in [5, 5.41) is 24.8. The fourth-order valence-corrected chi connectivity index (χ4v) is 5.19. The number of carboxylic acid groups (broad SMARTS) is 1. The van der Waals surface area contributed by atoms with Gasteiger partial charge in [0.25, 0.3) is 0 Å². The molecule has 0 radical (unpaired) electrons. The van der Waals surface area contributed by atoms with Gasteiger partial charge in [0.15, 0.2) is 10.3 Å². The normalized spacial score (nSPS) is 19.4. The van der Waals surface area contributed by atoms with Crippen molar-refractivity contribution >= 4 is 34.0 Å². The van der Waals surface area contributed by atoms with Gasteiger partial charge in [-0.1, -0.05) is 29.9 Å². The van der Waals surface area contributed by atoms with E-state index >= 15 is 0 Å². The van der Waals surface area contributed by atoms with E-state index in [1.165, 1.54) is 11.3 Å². The van der Waals surface area contributed by atoms with Crippen molar-refractivity contribution in [3.8, 4) is 10.7 Å². The van der Waals surface area contributed by atoms with Gasteiger partial charge in [0.2, 0.25) is 11.6 Å². The summed E-state index contributed by atoms with van der Waals surface area (Å²) in [6.07, 6.45) is 0.981. The number of aromatic carboxylic acids is 1. The number of aromatic nitrogens is 7. The second-order valence-corrected chi connectivity index (χ2v) is 8.26. The summed E-state index contributed by atoms with van der Waals surface area (Å²) >= 11 is 7.72. The standard InChI is InChI=1S/C17H21ClN8O3S/c1-4-9-13(18)20-15(16(27)28)26(9)10-5-6-25(7-11(10)29-3)17-19-8(2)12(30-17)14-21-23-24-22-14/h10-11H,4-7H2,1-3H3,(H,27,28)(H,21,22,23,24)/t10-,11+/m1/s1. The van der Waals surface area contributed by atoms with Crippen molar-refractivity contribution in [1.29, 1.82) is 0 Å². The number of piperidine rings is 1. The van der Waals surface area contributed by atoms with E-state index in [0.29, 0.717) is 37.4 Å². The topological polar surface area (TPSA) is 135 Å². The molecule has 0 bridgehead atoms. The number of halogens is 1. The largest absolute Gasteiger partial charge is 0.475 e. The first-order valence-electron chi connectivity index (χ1n) is 9.43. The van der Waals surface area contributed by atoms with Crippen molar-refractivity contribution in [1.82, 2.24) is 35.2 Å². The van der Waals surface area contributed by atoms with Crippen molar-refractivity contribution in [3.05, 3.63) is 22.4 Å². The predicted octanol–water partition coefficient (Wildman–Crippen LogP) is 2.21. The Labute approximate surface area is 181 Å². The van der Waals surface area contributed by atoms with E-state index in [-0.39, 0.29) is 23.1 Å². The Kier molecular flexibility index (Phi) is 5.71. The first-order valence-corrected chi connectivity index (χ1v) is 10.6. The molecule has 0 spiro atoms. The molecule has 1 aliphatic heterocycles. The van der Waals surface area contributed by atoms with Crippen LogP contribution in [0.2, 0.25) is 5.15 Å². The maximum atomic E-state index is 11.8. The third-order valence-corrected chi connectivity index (χ3v) is 6.77. The van der Waals surface area contributed by atoms with Crippen LogP contribution in [0.1, 0.15) is 41.4 Å². The van der Waals surface area contributed by atoms with Crippen LogP contribution >= 0.6 is 22.9 Å². The van der Waals surface area contributed by atoms with Crippen LogP contribution in [0, 0.1) is 6.92 Å². The Balaban J connectivity index is 1.62. The Bertz CT molecular complexity index is 1050. The highest BCUT2D eigenvalue weighted by atomic mass is 35.5. The van der Waals surface area contributed by atoms with Gasteiger partial charge in [-0.25, -0.2) is 14.8 Å². The van der Waals surface area contributed by atoms with Crippen molar-refractivity contribution in [2.45, 2.75) is 38.8 Å². The number of aryl methyl sites for hydroxylation is 1. The molecule has 13 heteroatoms. The van der Waals surface area contributed by atoms with Gasteiger partial charge >= 0.3 is 5.97 Å². The molecule has 0 aliphatic carbocycles. The average molecular weight is 453 g/mol. The zero-order valence-corrected chi connectivity index (χ0v) is 18.2. The maximum Gasteiger partial charge on any atom is 0.372 e. The highest BCUT2D eigenvalue weighted by molar-refractivity contribution is 7.19. The Morgan fingerprint density at radius 3 is 2.87 bits per heavy atom. The molecule has 0 aromatic carbocycles. The molecule has 2 atom stereocenters. The van der Waals surface area contributed by atoms with Gasteiger partial charge in [0.1, 0.15) is 4.88 Å². The van der Waals surface area contributed by atoms with Crippen LogP contribution in [0.25, 0.3) is 10.7 Å². The molecule has 0 unspecified atom stereocenters. The van der Waals surface area contributed by atoms with Crippen molar-refractivity contribution in [2.75, 3.05) is 25.1 Å². The molecule has 1 aliphatic rings. The molecule has 160 valence electrons. The number of thiazole rings is 1. The van der Waals surface area contributed by atoms with Crippen molar-refractivity contribution in [2.24, 2.45) is 0 Å². The zero-order chi connectivity index (χ0) is 21.4. The molecule has 11 nitrogen and oxygen atoms in total. The average Bonchev–Trinajstić information content (AvgIpc) is 3.45. The molecule has 4 rings (SSSR count). The first kappa shape index (κ1) is 20.7. The van der Waals surface area contributed by atoms with E-state index in [0.717, 1.165) is 15.7 Å². The number of hydrogen-bond donors (Lipinski definition) is 2. The second kappa shape index (κ2) is 8.28. The number of rotatable bonds is 6. The third kappa shape index (κ3) is 3.55. The zero-order valence-electron chi connectivity index (χ0n) is 16.7. The minimum absolute atomic E-state index is 0.0539. The highest BCUT2D eigenvalue weighted by Gasteiger charge is 2.36. The molecule has 1 fully saturated rings. The molecule has 3 aromatic heterocycles. The molecule has 1 saturated heterocycles. The van der Waals surface area contributed by atoms with Crippen LogP contribution in [0.3, 0.4) is 0 Å². The quantitative estimate of drug-likeness (QED) is 0.576. The summed E-state index contributed by atoms with van der Waals surface area (Å²) in [5.74, 6) is -0.641. The summed E-state index contributed by atoms with van der Waals surface area (Å²) in [5.41, 5.74) is 1.54. The molecule has 30 heavy (non-hydrogen) atoms. The lowest BCUT2D eigenvalue weighted by molar-refractivity contribution is 0.0427. The Morgan fingerprint density at radius 2 is 2.23 bits per heavy atom. The number of hydrogen-bond acceptors (Lipinski definition) is 9. The van der Waals surface area contributed by atoms with Crippen molar-refractivity contribution < 1.29 is 14.6 Å². The molecular formula is C17H21ClN8O3S. The summed E-state index contributed by atoms with van der Waals surface area (Å²) in [4.78, 5) is 23.5. The summed E-state index contributed by atoms with van der Waals surface area (Å²) < 4.78 is 7.50. The number of ether oxygens (including phenoxy) is 1. The van der Waals surface area contributed by atoms with Gasteiger partial charge in [-0.05, 0) is 25.0 Å². The number of tetrazole rings is 1. The number of nitrogens with zero attached hydrogens (tertiary/aromatic N) is 7. The number of carbonyl (C=O) groups is 1. The van der Waals surface area contributed by atoms with E-state index in [4.69, 9.17) is 16.3 Å². The van der Waals surface area contributed by atoms with Gasteiger partial charge in [0.05, 0.1) is 23.5 Å². The van der Waals surface area contributed by atoms with E-state index in [9.17, 15) is 9.90 Å². The molecule has 2 N–H and O–H groups in total. The third-order valence-electron chi connectivity index (χ3n) is 5.25. The molecule has 3 aromatic rings. The lowest BCUT2D eigenvalue weighted by Gasteiger charge is -2.39. The molecule has 4 heterocycles. The fraction of sp³-hybridized carbons (Fsp3) is 0.529. The number of anilines is 1. The Hall–Kier alpha value is -2.57. The molecular weight excluding hydrogens is 432 g/mol. The fourth-order valence-electron chi connectivity index (χ4n) is 3.85. The van der Waals surface area contributed by atoms with Crippen LogP contribution < -0.4 is 4.90 Å². The van der Waals surface area contributed by atoms with Gasteiger partial charge in [-0.3, -0.25) is 0 Å². The summed E-state index contributed by atoms with van der Waals surface area (Å²) in [7, 11) is 1.63. The lowest BCUT2D eigenvalue weighted by atomic mass is 10.0. The minimum Gasteiger partial charge on any atom is -0.475 e. The summed E-state index contributed by atoms with van der Waals surface area (Å²) in [6.45, 7) is 5.07. The number of aromatic amines is 1. The van der Waals surface area contributed by atoms with Crippen LogP contribution in [0.15, 0.2) is 0 Å². The van der Waals surface area contributed by atoms with E-state index in [1.807, 2.05) is 13.8 Å². The maximum absolute atomic E-state index is 11.8. The van der Waals surface area contributed by atoms with E-state index < -0.39 is 5.97 Å². The molecule has 0 amide bonds. The van der Waals surface area contributed by atoms with Crippen LogP contribution in [0.5, 0.6) is 0 Å². The van der Waals surface area contributed by atoms with Crippen LogP contribution in [0.4, 0.5) is 5.13 Å². The van der Waals surface area contributed by atoms with E-state index in [2.05, 4.69) is 35.5 Å². The predicted molar refractivity (Wildman–Crippen MR) is 110 cm³/mol. The van der Waals surface area contributed by atoms with Gasteiger partial charge in [-0.15, -0.1) is 10.2 Å². The smallest absolute Gasteiger partial charge is 0.372 e. The number of carboxylic acids is 1. The highest BCUT2D eigenvalue weighted by Crippen LogP contribution is 2.37. The number of imidazole rings is 1. The van der Waals surface area contributed by atoms with Crippen LogP contribution in [-0.4, -0.2) is 72.5 Å². The van der Waals surface area contributed by atoms with Gasteiger partial charge in [-0.2, -0.15) is 5.21 Å². The number of H-pyrrole nitrogens is 1.